The largest absolute Gasteiger partial charge is 0.309 e. The number of benzene rings is 6. The van der Waals surface area contributed by atoms with Crippen LogP contribution in [0.15, 0.2) is 157 Å². The average molecular weight is 525 g/mol. The first kappa shape index (κ1) is 23.7. The average Bonchev–Trinajstić information content (AvgIpc) is 3.57. The van der Waals surface area contributed by atoms with E-state index in [4.69, 9.17) is 4.99 Å². The second-order valence-electron chi connectivity index (χ2n) is 10.9. The van der Waals surface area contributed by atoms with Gasteiger partial charge in [-0.1, -0.05) is 133 Å². The van der Waals surface area contributed by atoms with Gasteiger partial charge in [-0.25, -0.2) is 0 Å². The van der Waals surface area contributed by atoms with Crippen LogP contribution in [0.25, 0.3) is 27.5 Å². The Labute approximate surface area is 239 Å². The van der Waals surface area contributed by atoms with Crippen molar-refractivity contribution in [2.45, 2.75) is 12.3 Å². The summed E-state index contributed by atoms with van der Waals surface area (Å²) in [4.78, 5) is 5.63. The summed E-state index contributed by atoms with van der Waals surface area (Å²) in [5.41, 5.74) is 11.1. The second-order valence-corrected chi connectivity index (χ2v) is 10.9. The van der Waals surface area contributed by atoms with Gasteiger partial charge in [-0.15, -0.1) is 0 Å². The van der Waals surface area contributed by atoms with Crippen molar-refractivity contribution in [2.24, 2.45) is 4.99 Å². The zero-order valence-corrected chi connectivity index (χ0v) is 22.8. The Morgan fingerprint density at radius 3 is 1.78 bits per heavy atom. The molecule has 2 nitrogen and oxygen atoms in total. The van der Waals surface area contributed by atoms with Gasteiger partial charge in [0.2, 0.25) is 0 Å². The highest BCUT2D eigenvalue weighted by Crippen LogP contribution is 2.54. The molecule has 0 spiro atoms. The highest BCUT2D eigenvalue weighted by molar-refractivity contribution is 6.23. The van der Waals surface area contributed by atoms with Crippen molar-refractivity contribution in [2.75, 3.05) is 0 Å². The molecule has 1 aliphatic rings. The van der Waals surface area contributed by atoms with Crippen LogP contribution in [0.5, 0.6) is 0 Å². The molecule has 0 aliphatic carbocycles. The molecule has 2 heterocycles. The van der Waals surface area contributed by atoms with E-state index < -0.39 is 5.41 Å². The fourth-order valence-corrected chi connectivity index (χ4v) is 6.76. The number of para-hydroxylation sites is 1. The lowest BCUT2D eigenvalue weighted by molar-refractivity contribution is 0.852. The summed E-state index contributed by atoms with van der Waals surface area (Å²) in [6, 6.07) is 54.6. The van der Waals surface area contributed by atoms with Crippen LogP contribution in [0.2, 0.25) is 0 Å². The quantitative estimate of drug-likeness (QED) is 0.218. The third-order valence-corrected chi connectivity index (χ3v) is 8.55. The molecule has 41 heavy (non-hydrogen) atoms. The first-order chi connectivity index (χ1) is 20.3. The van der Waals surface area contributed by atoms with Crippen LogP contribution in [0.4, 0.5) is 5.69 Å². The highest BCUT2D eigenvalue weighted by atomic mass is 15.0. The number of fused-ring (bicyclic) bond motifs is 5. The van der Waals surface area contributed by atoms with Gasteiger partial charge in [-0.05, 0) is 53.4 Å². The number of aryl methyl sites for hydroxylation is 1. The van der Waals surface area contributed by atoms with Crippen molar-refractivity contribution < 1.29 is 0 Å². The van der Waals surface area contributed by atoms with E-state index in [9.17, 15) is 0 Å². The van der Waals surface area contributed by atoms with Gasteiger partial charge < -0.3 is 4.57 Å². The molecule has 1 aromatic heterocycles. The number of hydrogen-bond acceptors (Lipinski definition) is 1. The molecule has 0 radical (unpaired) electrons. The number of hydrogen-bond donors (Lipinski definition) is 0. The number of aliphatic imine (C=N–C) groups is 1. The van der Waals surface area contributed by atoms with Gasteiger partial charge in [-0.3, -0.25) is 4.99 Å². The first-order valence-corrected chi connectivity index (χ1v) is 14.2. The maximum Gasteiger partial charge on any atom is 0.0901 e. The first-order valence-electron chi connectivity index (χ1n) is 14.2. The van der Waals surface area contributed by atoms with Crippen molar-refractivity contribution in [3.8, 4) is 5.69 Å². The lowest BCUT2D eigenvalue weighted by atomic mass is 9.65. The molecule has 0 fully saturated rings. The smallest absolute Gasteiger partial charge is 0.0901 e. The Bertz CT molecular complexity index is 2030. The van der Waals surface area contributed by atoms with E-state index >= 15 is 0 Å². The van der Waals surface area contributed by atoms with E-state index in [1.807, 2.05) is 0 Å². The lowest BCUT2D eigenvalue weighted by Crippen LogP contribution is -2.36. The van der Waals surface area contributed by atoms with E-state index in [1.54, 1.807) is 0 Å². The molecule has 0 amide bonds. The van der Waals surface area contributed by atoms with Crippen LogP contribution in [0.3, 0.4) is 0 Å². The molecule has 0 bridgehead atoms. The zero-order valence-electron chi connectivity index (χ0n) is 22.8. The molecule has 6 aromatic carbocycles. The predicted octanol–water partition coefficient (Wildman–Crippen LogP) is 9.56. The van der Waals surface area contributed by atoms with Crippen LogP contribution in [0, 0.1) is 6.92 Å². The van der Waals surface area contributed by atoms with Crippen LogP contribution >= 0.6 is 0 Å². The highest BCUT2D eigenvalue weighted by Gasteiger charge is 2.47. The molecule has 8 rings (SSSR count). The second kappa shape index (κ2) is 9.18. The van der Waals surface area contributed by atoms with Crippen molar-refractivity contribution in [1.82, 2.24) is 4.57 Å². The Morgan fingerprint density at radius 1 is 0.537 bits per heavy atom. The van der Waals surface area contributed by atoms with Gasteiger partial charge in [0, 0.05) is 16.5 Å². The molecule has 0 saturated heterocycles. The number of nitrogens with zero attached hydrogens (tertiary/aromatic N) is 2. The summed E-state index contributed by atoms with van der Waals surface area (Å²) < 4.78 is 2.38. The third-order valence-electron chi connectivity index (χ3n) is 8.55. The fraction of sp³-hybridized carbons (Fsp3) is 0.0513. The molecule has 0 unspecified atom stereocenters. The van der Waals surface area contributed by atoms with Gasteiger partial charge in [0.15, 0.2) is 0 Å². The molecule has 194 valence electrons. The molecule has 2 heteroatoms. The Kier molecular flexibility index (Phi) is 5.30. The van der Waals surface area contributed by atoms with Gasteiger partial charge in [0.25, 0.3) is 0 Å². The molecule has 0 saturated carbocycles. The molecule has 0 atom stereocenters. The standard InChI is InChI=1S/C39H28N2/c1-27-21-23-31(24-22-27)41-34-20-12-11-19-32(34)36-35(41)26-25-33-37(36)40-38(28-13-5-2-6-14-28)39(33,29-15-7-3-8-16-29)30-17-9-4-10-18-30/h2-26H,1H3. The zero-order chi connectivity index (χ0) is 27.4. The Balaban J connectivity index is 1.55. The van der Waals surface area contributed by atoms with Crippen LogP contribution in [-0.2, 0) is 5.41 Å². The van der Waals surface area contributed by atoms with Gasteiger partial charge in [-0.2, -0.15) is 0 Å². The van der Waals surface area contributed by atoms with Crippen molar-refractivity contribution in [3.05, 3.63) is 179 Å². The summed E-state index contributed by atoms with van der Waals surface area (Å²) in [6.07, 6.45) is 0. The van der Waals surface area contributed by atoms with Gasteiger partial charge in [0.05, 0.1) is 27.8 Å². The molecule has 0 N–H and O–H groups in total. The lowest BCUT2D eigenvalue weighted by Gasteiger charge is -2.34. The van der Waals surface area contributed by atoms with Crippen molar-refractivity contribution in [1.29, 1.82) is 0 Å². The van der Waals surface area contributed by atoms with Gasteiger partial charge >= 0.3 is 0 Å². The summed E-state index contributed by atoms with van der Waals surface area (Å²) in [6.45, 7) is 2.13. The minimum atomic E-state index is -0.555. The normalized spacial score (nSPS) is 13.8. The predicted molar refractivity (Wildman–Crippen MR) is 171 cm³/mol. The maximum absolute atomic E-state index is 5.63. The Morgan fingerprint density at radius 2 is 1.12 bits per heavy atom. The van der Waals surface area contributed by atoms with Crippen LogP contribution in [-0.4, -0.2) is 10.3 Å². The SMILES string of the molecule is Cc1ccc(-n2c3ccccc3c3c4c(ccc32)C(c2ccccc2)(c2ccccc2)C(c2ccccc2)=N4)cc1. The van der Waals surface area contributed by atoms with E-state index in [1.165, 1.54) is 44.1 Å². The van der Waals surface area contributed by atoms with E-state index in [0.29, 0.717) is 0 Å². The van der Waals surface area contributed by atoms with E-state index in [2.05, 4.69) is 163 Å². The monoisotopic (exact) mass is 524 g/mol. The Hall–Kier alpha value is -5.21. The summed E-state index contributed by atoms with van der Waals surface area (Å²) in [5, 5.41) is 2.41. The molecule has 1 aliphatic heterocycles. The molecular weight excluding hydrogens is 496 g/mol. The number of rotatable bonds is 4. The third kappa shape index (κ3) is 3.41. The van der Waals surface area contributed by atoms with Crippen molar-refractivity contribution in [3.63, 3.8) is 0 Å². The minimum Gasteiger partial charge on any atom is -0.309 e. The van der Waals surface area contributed by atoms with Crippen LogP contribution in [0.1, 0.15) is 27.8 Å². The van der Waals surface area contributed by atoms with Crippen molar-refractivity contribution >= 4 is 33.2 Å². The van der Waals surface area contributed by atoms with Crippen LogP contribution < -0.4 is 0 Å². The fourth-order valence-electron chi connectivity index (χ4n) is 6.76. The summed E-state index contributed by atoms with van der Waals surface area (Å²) >= 11 is 0. The van der Waals surface area contributed by atoms with E-state index in [-0.39, 0.29) is 0 Å². The number of aromatic nitrogens is 1. The summed E-state index contributed by atoms with van der Waals surface area (Å²) in [7, 11) is 0. The minimum absolute atomic E-state index is 0.555. The maximum atomic E-state index is 5.63. The van der Waals surface area contributed by atoms with Gasteiger partial charge in [0.1, 0.15) is 0 Å². The summed E-state index contributed by atoms with van der Waals surface area (Å²) in [5.74, 6) is 0. The van der Waals surface area contributed by atoms with E-state index in [0.717, 1.165) is 22.6 Å². The molecular formula is C39H28N2. The molecule has 7 aromatic rings. The topological polar surface area (TPSA) is 17.3 Å².